The van der Waals surface area contributed by atoms with E-state index < -0.39 is 17.2 Å². The maximum atomic E-state index is 13.3. The minimum Gasteiger partial charge on any atom is -0.444 e. The smallest absolute Gasteiger partial charge is 0.410 e. The van der Waals surface area contributed by atoms with E-state index in [4.69, 9.17) is 4.74 Å². The zero-order chi connectivity index (χ0) is 15.6. The topological polar surface area (TPSA) is 29.5 Å². The highest BCUT2D eigenvalue weighted by Gasteiger charge is 2.32. The number of likely N-dealkylation sites (tertiary alicyclic amines) is 1. The van der Waals surface area contributed by atoms with Crippen LogP contribution in [0.5, 0.6) is 0 Å². The van der Waals surface area contributed by atoms with E-state index in [9.17, 15) is 13.6 Å². The van der Waals surface area contributed by atoms with Crippen molar-refractivity contribution in [3.63, 3.8) is 0 Å². The van der Waals surface area contributed by atoms with Gasteiger partial charge in [0.15, 0.2) is 11.6 Å². The highest BCUT2D eigenvalue weighted by molar-refractivity contribution is 5.69. The summed E-state index contributed by atoms with van der Waals surface area (Å²) in [5, 5.41) is 0. The number of hydrogen-bond acceptors (Lipinski definition) is 2. The van der Waals surface area contributed by atoms with Crippen molar-refractivity contribution in [3.8, 4) is 0 Å². The lowest BCUT2D eigenvalue weighted by Gasteiger charge is -2.28. The molecule has 0 spiro atoms. The average Bonchev–Trinajstić information content (AvgIpc) is 2.80. The van der Waals surface area contributed by atoms with Gasteiger partial charge in [-0.15, -0.1) is 0 Å². The Kier molecular flexibility index (Phi) is 4.49. The van der Waals surface area contributed by atoms with Crippen LogP contribution in [0.15, 0.2) is 18.2 Å². The number of carbonyl (C=O) groups excluding carboxylic acids is 1. The molecule has 0 unspecified atom stereocenters. The Labute approximate surface area is 123 Å². The van der Waals surface area contributed by atoms with Crippen molar-refractivity contribution >= 4 is 6.09 Å². The quantitative estimate of drug-likeness (QED) is 0.828. The molecule has 0 saturated carbocycles. The van der Waals surface area contributed by atoms with E-state index in [1.165, 1.54) is 6.07 Å². The van der Waals surface area contributed by atoms with Gasteiger partial charge in [-0.1, -0.05) is 6.07 Å². The van der Waals surface area contributed by atoms with Crippen LogP contribution in [0.25, 0.3) is 0 Å². The van der Waals surface area contributed by atoms with Crippen LogP contribution in [0.4, 0.5) is 13.6 Å². The van der Waals surface area contributed by atoms with Crippen molar-refractivity contribution < 1.29 is 18.3 Å². The molecule has 0 radical (unpaired) electrons. The summed E-state index contributed by atoms with van der Waals surface area (Å²) in [6, 6.07) is 3.85. The molecule has 1 amide bonds. The fourth-order valence-corrected chi connectivity index (χ4v) is 2.55. The molecule has 0 bridgehead atoms. The molecule has 1 heterocycles. The molecule has 1 aromatic carbocycles. The maximum Gasteiger partial charge on any atom is 0.410 e. The van der Waals surface area contributed by atoms with Crippen LogP contribution in [-0.4, -0.2) is 29.2 Å². The van der Waals surface area contributed by atoms with E-state index >= 15 is 0 Å². The second kappa shape index (κ2) is 6.00. The van der Waals surface area contributed by atoms with Gasteiger partial charge >= 0.3 is 6.09 Å². The number of halogens is 2. The monoisotopic (exact) mass is 297 g/mol. The minimum absolute atomic E-state index is 0.0234. The van der Waals surface area contributed by atoms with Crippen molar-refractivity contribution in [2.24, 2.45) is 0 Å². The van der Waals surface area contributed by atoms with E-state index in [-0.39, 0.29) is 12.1 Å². The van der Waals surface area contributed by atoms with E-state index in [1.807, 2.05) is 20.8 Å². The molecule has 21 heavy (non-hydrogen) atoms. The Bertz CT molecular complexity index is 525. The van der Waals surface area contributed by atoms with Crippen molar-refractivity contribution in [3.05, 3.63) is 35.4 Å². The summed E-state index contributed by atoms with van der Waals surface area (Å²) in [5.74, 6) is -1.71. The predicted octanol–water partition coefficient (Wildman–Crippen LogP) is 3.91. The summed E-state index contributed by atoms with van der Waals surface area (Å²) in [6.45, 7) is 6.12. The molecular formula is C16H21F2NO2. The predicted molar refractivity (Wildman–Crippen MR) is 76.0 cm³/mol. The number of amides is 1. The molecule has 0 N–H and O–H groups in total. The Hall–Kier alpha value is -1.65. The minimum atomic E-state index is -0.853. The van der Waals surface area contributed by atoms with Gasteiger partial charge in [0.2, 0.25) is 0 Å². The van der Waals surface area contributed by atoms with Crippen LogP contribution in [-0.2, 0) is 11.2 Å². The highest BCUT2D eigenvalue weighted by atomic mass is 19.2. The van der Waals surface area contributed by atoms with Gasteiger partial charge in [0.25, 0.3) is 0 Å². The molecule has 1 atom stereocenters. The van der Waals surface area contributed by atoms with Crippen LogP contribution in [0, 0.1) is 11.6 Å². The third-order valence-corrected chi connectivity index (χ3v) is 3.46. The van der Waals surface area contributed by atoms with Gasteiger partial charge in [0.05, 0.1) is 0 Å². The summed E-state index contributed by atoms with van der Waals surface area (Å²) in [7, 11) is 0. The Morgan fingerprint density at radius 1 is 1.33 bits per heavy atom. The third-order valence-electron chi connectivity index (χ3n) is 3.46. The molecule has 1 saturated heterocycles. The maximum absolute atomic E-state index is 13.3. The number of nitrogens with zero attached hydrogens (tertiary/aromatic N) is 1. The summed E-state index contributed by atoms with van der Waals surface area (Å²) in [6.07, 6.45) is 1.91. The summed E-state index contributed by atoms with van der Waals surface area (Å²) < 4.78 is 31.6. The Morgan fingerprint density at radius 2 is 2.05 bits per heavy atom. The largest absolute Gasteiger partial charge is 0.444 e. The lowest BCUT2D eigenvalue weighted by Crippen LogP contribution is -2.40. The van der Waals surface area contributed by atoms with E-state index in [0.29, 0.717) is 18.5 Å². The van der Waals surface area contributed by atoms with Crippen LogP contribution in [0.2, 0.25) is 0 Å². The molecule has 3 nitrogen and oxygen atoms in total. The van der Waals surface area contributed by atoms with Gasteiger partial charge in [0.1, 0.15) is 5.60 Å². The first-order valence-corrected chi connectivity index (χ1v) is 7.20. The molecule has 1 fully saturated rings. The van der Waals surface area contributed by atoms with Gasteiger partial charge in [-0.25, -0.2) is 13.6 Å². The molecule has 116 valence electrons. The number of carbonyl (C=O) groups is 1. The number of hydrogen-bond donors (Lipinski definition) is 0. The first kappa shape index (κ1) is 15.7. The SMILES string of the molecule is CC(C)(C)OC(=O)N1CCC[C@H]1Cc1ccc(F)c(F)c1. The second-order valence-electron chi connectivity index (χ2n) is 6.42. The molecule has 0 aliphatic carbocycles. The van der Waals surface area contributed by atoms with Crippen LogP contribution < -0.4 is 0 Å². The van der Waals surface area contributed by atoms with Gasteiger partial charge in [-0.3, -0.25) is 0 Å². The molecule has 1 aliphatic heterocycles. The summed E-state index contributed by atoms with van der Waals surface area (Å²) >= 11 is 0. The van der Waals surface area contributed by atoms with Crippen LogP contribution >= 0.6 is 0 Å². The van der Waals surface area contributed by atoms with E-state index in [2.05, 4.69) is 0 Å². The fourth-order valence-electron chi connectivity index (χ4n) is 2.55. The molecule has 2 rings (SSSR count). The average molecular weight is 297 g/mol. The van der Waals surface area contributed by atoms with Crippen molar-refractivity contribution in [1.29, 1.82) is 0 Å². The highest BCUT2D eigenvalue weighted by Crippen LogP contribution is 2.24. The Morgan fingerprint density at radius 3 is 2.67 bits per heavy atom. The van der Waals surface area contributed by atoms with Gasteiger partial charge < -0.3 is 9.64 Å². The lowest BCUT2D eigenvalue weighted by molar-refractivity contribution is 0.0227. The molecule has 1 aromatic rings. The standard InChI is InChI=1S/C16H21F2NO2/c1-16(2,3)21-15(20)19-8-4-5-12(19)9-11-6-7-13(17)14(18)10-11/h6-7,10,12H,4-5,8-9H2,1-3H3/t12-/m0/s1. The van der Waals surface area contributed by atoms with Gasteiger partial charge in [-0.2, -0.15) is 0 Å². The molecule has 0 aromatic heterocycles. The van der Waals surface area contributed by atoms with Gasteiger partial charge in [0, 0.05) is 12.6 Å². The van der Waals surface area contributed by atoms with Crippen molar-refractivity contribution in [2.75, 3.05) is 6.54 Å². The number of rotatable bonds is 2. The van der Waals surface area contributed by atoms with E-state index in [1.54, 1.807) is 11.0 Å². The number of benzene rings is 1. The lowest BCUT2D eigenvalue weighted by atomic mass is 10.0. The zero-order valence-electron chi connectivity index (χ0n) is 12.7. The molecule has 5 heteroatoms. The summed E-state index contributed by atoms with van der Waals surface area (Å²) in [5.41, 5.74) is 0.154. The van der Waals surface area contributed by atoms with Crippen molar-refractivity contribution in [1.82, 2.24) is 4.90 Å². The number of ether oxygens (including phenoxy) is 1. The van der Waals surface area contributed by atoms with E-state index in [0.717, 1.165) is 18.9 Å². The zero-order valence-corrected chi connectivity index (χ0v) is 12.7. The van der Waals surface area contributed by atoms with Crippen molar-refractivity contribution in [2.45, 2.75) is 51.7 Å². The van der Waals surface area contributed by atoms with Crippen LogP contribution in [0.1, 0.15) is 39.2 Å². The Balaban J connectivity index is 2.05. The normalized spacial score (nSPS) is 18.9. The second-order valence-corrected chi connectivity index (χ2v) is 6.42. The first-order chi connectivity index (χ1) is 9.76. The first-order valence-electron chi connectivity index (χ1n) is 7.20. The fraction of sp³-hybridized carbons (Fsp3) is 0.562. The summed E-state index contributed by atoms with van der Waals surface area (Å²) in [4.78, 5) is 13.8. The molecular weight excluding hydrogens is 276 g/mol. The third kappa shape index (κ3) is 4.16. The molecule has 1 aliphatic rings. The van der Waals surface area contributed by atoms with Crippen LogP contribution in [0.3, 0.4) is 0 Å². The van der Waals surface area contributed by atoms with Gasteiger partial charge in [-0.05, 0) is 57.7 Å².